The summed E-state index contributed by atoms with van der Waals surface area (Å²) in [4.78, 5) is 22.8. The van der Waals surface area contributed by atoms with E-state index in [9.17, 15) is 9.59 Å². The zero-order valence-electron chi connectivity index (χ0n) is 10.7. The monoisotopic (exact) mass is 270 g/mol. The van der Waals surface area contributed by atoms with E-state index < -0.39 is 5.91 Å². The molecule has 2 aromatic carbocycles. The van der Waals surface area contributed by atoms with E-state index in [4.69, 9.17) is 16.2 Å². The third kappa shape index (κ3) is 3.14. The zero-order valence-corrected chi connectivity index (χ0v) is 10.7. The van der Waals surface area contributed by atoms with Crippen molar-refractivity contribution in [3.8, 4) is 5.75 Å². The summed E-state index contributed by atoms with van der Waals surface area (Å²) in [6.45, 7) is -0.121. The number of nitrogens with two attached hydrogens (primary N) is 2. The molecule has 0 aliphatic rings. The minimum atomic E-state index is -0.510. The molecule has 102 valence electrons. The highest BCUT2D eigenvalue weighted by atomic mass is 16.5. The number of carbonyl (C=O) groups is 2. The zero-order chi connectivity index (χ0) is 14.5. The molecule has 4 N–H and O–H groups in total. The Kier molecular flexibility index (Phi) is 4.00. The van der Waals surface area contributed by atoms with Crippen molar-refractivity contribution < 1.29 is 14.3 Å². The molecule has 20 heavy (non-hydrogen) atoms. The molecule has 0 bridgehead atoms. The molecule has 0 saturated carbocycles. The van der Waals surface area contributed by atoms with Gasteiger partial charge in [-0.05, 0) is 36.4 Å². The van der Waals surface area contributed by atoms with Gasteiger partial charge in [-0.3, -0.25) is 9.59 Å². The molecule has 0 saturated heterocycles. The van der Waals surface area contributed by atoms with E-state index >= 15 is 0 Å². The molecule has 2 rings (SSSR count). The van der Waals surface area contributed by atoms with E-state index in [-0.39, 0.29) is 12.4 Å². The second-order valence-corrected chi connectivity index (χ2v) is 4.19. The predicted molar refractivity (Wildman–Crippen MR) is 75.6 cm³/mol. The SMILES string of the molecule is NC(=O)c1ccc(OCC(=O)c2ccccc2N)cc1. The largest absolute Gasteiger partial charge is 0.485 e. The maximum Gasteiger partial charge on any atom is 0.248 e. The topological polar surface area (TPSA) is 95.4 Å². The van der Waals surface area contributed by atoms with Crippen LogP contribution in [0.25, 0.3) is 0 Å². The van der Waals surface area contributed by atoms with Gasteiger partial charge < -0.3 is 16.2 Å². The Morgan fingerprint density at radius 3 is 2.25 bits per heavy atom. The molecule has 0 atom stereocenters. The number of carbonyl (C=O) groups excluding carboxylic acids is 2. The first-order valence-corrected chi connectivity index (χ1v) is 5.98. The molecule has 0 unspecified atom stereocenters. The molecular formula is C15H14N2O3. The van der Waals surface area contributed by atoms with Crippen molar-refractivity contribution in [2.45, 2.75) is 0 Å². The maximum absolute atomic E-state index is 11.9. The Labute approximate surface area is 116 Å². The summed E-state index contributed by atoms with van der Waals surface area (Å²) < 4.78 is 5.35. The summed E-state index contributed by atoms with van der Waals surface area (Å²) in [5, 5.41) is 0. The molecule has 1 amide bonds. The van der Waals surface area contributed by atoms with Gasteiger partial charge in [0.05, 0.1) is 0 Å². The van der Waals surface area contributed by atoms with Crippen molar-refractivity contribution in [1.82, 2.24) is 0 Å². The normalized spacial score (nSPS) is 10.0. The Morgan fingerprint density at radius 2 is 1.65 bits per heavy atom. The van der Waals surface area contributed by atoms with Crippen LogP contribution < -0.4 is 16.2 Å². The number of hydrogen-bond donors (Lipinski definition) is 2. The molecule has 0 fully saturated rings. The van der Waals surface area contributed by atoms with Crippen LogP contribution in [0.3, 0.4) is 0 Å². The van der Waals surface area contributed by atoms with E-state index in [1.807, 2.05) is 0 Å². The van der Waals surface area contributed by atoms with Crippen LogP contribution in [0.4, 0.5) is 5.69 Å². The van der Waals surface area contributed by atoms with Crippen LogP contribution in [0.5, 0.6) is 5.75 Å². The molecule has 0 radical (unpaired) electrons. The lowest BCUT2D eigenvalue weighted by atomic mass is 10.1. The first-order valence-electron chi connectivity index (χ1n) is 5.98. The first-order chi connectivity index (χ1) is 9.58. The van der Waals surface area contributed by atoms with E-state index in [0.717, 1.165) is 0 Å². The van der Waals surface area contributed by atoms with Gasteiger partial charge in [0, 0.05) is 16.8 Å². The summed E-state index contributed by atoms with van der Waals surface area (Å²) in [5.41, 5.74) is 12.1. The van der Waals surface area contributed by atoms with E-state index in [2.05, 4.69) is 0 Å². The third-order valence-electron chi connectivity index (χ3n) is 2.77. The number of amides is 1. The molecule has 0 aliphatic carbocycles. The molecule has 0 heterocycles. The van der Waals surface area contributed by atoms with Crippen molar-refractivity contribution in [3.05, 3.63) is 59.7 Å². The number of anilines is 1. The lowest BCUT2D eigenvalue weighted by molar-refractivity contribution is 0.0921. The lowest BCUT2D eigenvalue weighted by Crippen LogP contribution is -2.14. The highest BCUT2D eigenvalue weighted by Crippen LogP contribution is 2.14. The van der Waals surface area contributed by atoms with Crippen LogP contribution in [-0.2, 0) is 0 Å². The van der Waals surface area contributed by atoms with E-state index in [1.54, 1.807) is 48.5 Å². The van der Waals surface area contributed by atoms with Crippen molar-refractivity contribution >= 4 is 17.4 Å². The molecule has 5 heteroatoms. The van der Waals surface area contributed by atoms with Crippen LogP contribution >= 0.6 is 0 Å². The van der Waals surface area contributed by atoms with Crippen LogP contribution in [0, 0.1) is 0 Å². The number of para-hydroxylation sites is 1. The summed E-state index contributed by atoms with van der Waals surface area (Å²) in [6, 6.07) is 13.1. The predicted octanol–water partition coefficient (Wildman–Crippen LogP) is 1.63. The fraction of sp³-hybridized carbons (Fsp3) is 0.0667. The molecule has 0 aromatic heterocycles. The van der Waals surface area contributed by atoms with Gasteiger partial charge in [-0.1, -0.05) is 12.1 Å². The number of benzene rings is 2. The fourth-order valence-corrected chi connectivity index (χ4v) is 1.69. The van der Waals surface area contributed by atoms with Crippen molar-refractivity contribution in [3.63, 3.8) is 0 Å². The lowest BCUT2D eigenvalue weighted by Gasteiger charge is -2.07. The Hall–Kier alpha value is -2.82. The van der Waals surface area contributed by atoms with Crippen LogP contribution in [-0.4, -0.2) is 18.3 Å². The third-order valence-corrected chi connectivity index (χ3v) is 2.77. The Morgan fingerprint density at radius 1 is 1.00 bits per heavy atom. The average Bonchev–Trinajstić information content (AvgIpc) is 2.45. The summed E-state index contributed by atoms with van der Waals surface area (Å²) in [6.07, 6.45) is 0. The second kappa shape index (κ2) is 5.88. The van der Waals surface area contributed by atoms with Gasteiger partial charge in [0.2, 0.25) is 11.7 Å². The summed E-state index contributed by atoms with van der Waals surface area (Å²) in [7, 11) is 0. The molecular weight excluding hydrogens is 256 g/mol. The van der Waals surface area contributed by atoms with Crippen LogP contribution in [0.2, 0.25) is 0 Å². The average molecular weight is 270 g/mol. The summed E-state index contributed by atoms with van der Waals surface area (Å²) >= 11 is 0. The van der Waals surface area contributed by atoms with Crippen molar-refractivity contribution in [2.24, 2.45) is 5.73 Å². The Balaban J connectivity index is 2.00. The quantitative estimate of drug-likeness (QED) is 0.637. The number of Topliss-reactive ketones (excluding diaryl/α,β-unsaturated/α-hetero) is 1. The van der Waals surface area contributed by atoms with Crippen molar-refractivity contribution in [2.75, 3.05) is 12.3 Å². The van der Waals surface area contributed by atoms with E-state index in [0.29, 0.717) is 22.6 Å². The van der Waals surface area contributed by atoms with Gasteiger partial charge in [-0.15, -0.1) is 0 Å². The molecule has 2 aromatic rings. The Bertz CT molecular complexity index is 636. The highest BCUT2D eigenvalue weighted by molar-refractivity contribution is 6.01. The van der Waals surface area contributed by atoms with Crippen LogP contribution in [0.15, 0.2) is 48.5 Å². The second-order valence-electron chi connectivity index (χ2n) is 4.19. The first kappa shape index (κ1) is 13.6. The van der Waals surface area contributed by atoms with Gasteiger partial charge in [0.15, 0.2) is 6.61 Å². The summed E-state index contributed by atoms with van der Waals surface area (Å²) in [5.74, 6) is -0.232. The number of primary amides is 1. The molecule has 0 spiro atoms. The number of hydrogen-bond acceptors (Lipinski definition) is 4. The number of rotatable bonds is 5. The molecule has 0 aliphatic heterocycles. The van der Waals surface area contributed by atoms with Gasteiger partial charge in [0.1, 0.15) is 5.75 Å². The van der Waals surface area contributed by atoms with Gasteiger partial charge >= 0.3 is 0 Å². The van der Waals surface area contributed by atoms with Gasteiger partial charge in [0.25, 0.3) is 0 Å². The van der Waals surface area contributed by atoms with Gasteiger partial charge in [-0.2, -0.15) is 0 Å². The number of ketones is 1. The van der Waals surface area contributed by atoms with Crippen molar-refractivity contribution in [1.29, 1.82) is 0 Å². The minimum Gasteiger partial charge on any atom is -0.485 e. The van der Waals surface area contributed by atoms with Crippen LogP contribution in [0.1, 0.15) is 20.7 Å². The number of nitrogen functional groups attached to an aromatic ring is 1. The van der Waals surface area contributed by atoms with Gasteiger partial charge in [-0.25, -0.2) is 0 Å². The maximum atomic E-state index is 11.9. The van der Waals surface area contributed by atoms with E-state index in [1.165, 1.54) is 0 Å². The molecule has 5 nitrogen and oxygen atoms in total. The number of ether oxygens (including phenoxy) is 1. The smallest absolute Gasteiger partial charge is 0.248 e. The highest BCUT2D eigenvalue weighted by Gasteiger charge is 2.10. The minimum absolute atomic E-state index is 0.121. The standard InChI is InChI=1S/C15H14N2O3/c16-13-4-2-1-3-12(13)14(18)9-20-11-7-5-10(6-8-11)15(17)19/h1-8H,9,16H2,(H2,17,19). The fourth-order valence-electron chi connectivity index (χ4n) is 1.69.